The lowest BCUT2D eigenvalue weighted by Gasteiger charge is -2.24. The molecule has 0 radical (unpaired) electrons. The molecule has 1 aliphatic carbocycles. The van der Waals surface area contributed by atoms with Crippen molar-refractivity contribution in [2.24, 2.45) is 0 Å². The first kappa shape index (κ1) is 20.2. The van der Waals surface area contributed by atoms with Gasteiger partial charge in [0.05, 0.1) is 25.0 Å². The van der Waals surface area contributed by atoms with Gasteiger partial charge in [0.2, 0.25) is 5.91 Å². The van der Waals surface area contributed by atoms with Crippen LogP contribution in [0.1, 0.15) is 53.3 Å². The molecular formula is C25H29N3O2. The van der Waals surface area contributed by atoms with Gasteiger partial charge in [0.1, 0.15) is 5.75 Å². The third-order valence-corrected chi connectivity index (χ3v) is 6.12. The highest BCUT2D eigenvalue weighted by atomic mass is 16.5. The average molecular weight is 404 g/mol. The summed E-state index contributed by atoms with van der Waals surface area (Å²) >= 11 is 0. The number of aromatic nitrogens is 2. The number of aryl methyl sites for hydroxylation is 2. The maximum absolute atomic E-state index is 12.6. The number of nitrogens with one attached hydrogen (secondary N) is 1. The van der Waals surface area contributed by atoms with Gasteiger partial charge in [-0.05, 0) is 74.4 Å². The summed E-state index contributed by atoms with van der Waals surface area (Å²) < 4.78 is 7.25. The van der Waals surface area contributed by atoms with Crippen molar-refractivity contribution in [3.63, 3.8) is 0 Å². The Morgan fingerprint density at radius 3 is 2.77 bits per heavy atom. The molecule has 0 aliphatic heterocycles. The number of ether oxygens (including phenoxy) is 1. The van der Waals surface area contributed by atoms with Gasteiger partial charge in [-0.25, -0.2) is 4.68 Å². The summed E-state index contributed by atoms with van der Waals surface area (Å²) in [6, 6.07) is 14.2. The third kappa shape index (κ3) is 4.11. The molecule has 2 aromatic carbocycles. The Balaban J connectivity index is 1.45. The molecule has 1 atom stereocenters. The van der Waals surface area contributed by atoms with Crippen LogP contribution in [0.5, 0.6) is 5.75 Å². The maximum Gasteiger partial charge on any atom is 0.220 e. The van der Waals surface area contributed by atoms with E-state index in [0.717, 1.165) is 48.2 Å². The van der Waals surface area contributed by atoms with Crippen LogP contribution in [0, 0.1) is 13.8 Å². The number of hydrogen-bond donors (Lipinski definition) is 1. The Hall–Kier alpha value is -3.08. The molecule has 3 aromatic rings. The summed E-state index contributed by atoms with van der Waals surface area (Å²) in [5.41, 5.74) is 7.14. The molecule has 0 fully saturated rings. The predicted molar refractivity (Wildman–Crippen MR) is 118 cm³/mol. The molecule has 1 unspecified atom stereocenters. The van der Waals surface area contributed by atoms with Gasteiger partial charge in [0, 0.05) is 17.7 Å². The van der Waals surface area contributed by atoms with Crippen molar-refractivity contribution in [3.8, 4) is 11.4 Å². The molecule has 30 heavy (non-hydrogen) atoms. The van der Waals surface area contributed by atoms with E-state index in [4.69, 9.17) is 9.84 Å². The number of fused-ring (bicyclic) bond motifs is 1. The Bertz CT molecular complexity index is 1040. The standard InChI is InChI=1S/C25H29N3O2/c1-17-6-4-8-23(18(17)2)28-24-9-5-7-22(21(24)16-26-28)27-25(29)15-12-19-10-13-20(30-3)14-11-19/h4,6,8,10-11,13-14,16,22H,5,7,9,12,15H2,1-3H3,(H,27,29). The van der Waals surface area contributed by atoms with Crippen LogP contribution in [-0.4, -0.2) is 22.8 Å². The Kier molecular flexibility index (Phi) is 5.88. The highest BCUT2D eigenvalue weighted by molar-refractivity contribution is 5.76. The Morgan fingerprint density at radius 2 is 2.00 bits per heavy atom. The lowest BCUT2D eigenvalue weighted by Crippen LogP contribution is -2.31. The third-order valence-electron chi connectivity index (χ3n) is 6.12. The molecule has 4 rings (SSSR count). The minimum absolute atomic E-state index is 0.0379. The normalized spacial score (nSPS) is 15.5. The SMILES string of the molecule is COc1ccc(CCC(=O)NC2CCCc3c2cnn3-c2cccc(C)c2C)cc1. The number of carbonyl (C=O) groups is 1. The second-order valence-electron chi connectivity index (χ2n) is 8.04. The molecular weight excluding hydrogens is 374 g/mol. The van der Waals surface area contributed by atoms with Crippen molar-refractivity contribution in [1.82, 2.24) is 15.1 Å². The quantitative estimate of drug-likeness (QED) is 0.653. The van der Waals surface area contributed by atoms with Crippen LogP contribution in [0.15, 0.2) is 48.7 Å². The summed E-state index contributed by atoms with van der Waals surface area (Å²) in [5, 5.41) is 7.93. The van der Waals surface area contributed by atoms with Crippen LogP contribution in [0.4, 0.5) is 0 Å². The van der Waals surface area contributed by atoms with Gasteiger partial charge in [-0.2, -0.15) is 5.10 Å². The molecule has 0 spiro atoms. The van der Waals surface area contributed by atoms with Gasteiger partial charge in [0.25, 0.3) is 0 Å². The van der Waals surface area contributed by atoms with E-state index >= 15 is 0 Å². The fourth-order valence-corrected chi connectivity index (χ4v) is 4.20. The lowest BCUT2D eigenvalue weighted by atomic mass is 9.92. The molecule has 5 nitrogen and oxygen atoms in total. The van der Waals surface area contributed by atoms with E-state index in [-0.39, 0.29) is 11.9 Å². The van der Waals surface area contributed by atoms with Gasteiger partial charge in [-0.3, -0.25) is 4.79 Å². The molecule has 0 bridgehead atoms. The van der Waals surface area contributed by atoms with Crippen LogP contribution in [0.3, 0.4) is 0 Å². The molecule has 1 aliphatic rings. The summed E-state index contributed by atoms with van der Waals surface area (Å²) in [4.78, 5) is 12.6. The zero-order valence-corrected chi connectivity index (χ0v) is 17.9. The summed E-state index contributed by atoms with van der Waals surface area (Å²) in [5.74, 6) is 0.918. The lowest BCUT2D eigenvalue weighted by molar-refractivity contribution is -0.121. The molecule has 1 heterocycles. The van der Waals surface area contributed by atoms with Gasteiger partial charge < -0.3 is 10.1 Å². The number of carbonyl (C=O) groups excluding carboxylic acids is 1. The predicted octanol–water partition coefficient (Wildman–Crippen LogP) is 4.62. The number of hydrogen-bond acceptors (Lipinski definition) is 3. The van der Waals surface area contributed by atoms with Gasteiger partial charge in [0.15, 0.2) is 0 Å². The fourth-order valence-electron chi connectivity index (χ4n) is 4.20. The van der Waals surface area contributed by atoms with Crippen molar-refractivity contribution in [2.45, 2.75) is 52.0 Å². The van der Waals surface area contributed by atoms with E-state index in [2.05, 4.69) is 42.0 Å². The summed E-state index contributed by atoms with van der Waals surface area (Å²) in [6.45, 7) is 4.26. The number of methoxy groups -OCH3 is 1. The van der Waals surface area contributed by atoms with Crippen LogP contribution in [0.25, 0.3) is 5.69 Å². The second-order valence-corrected chi connectivity index (χ2v) is 8.04. The highest BCUT2D eigenvalue weighted by Crippen LogP contribution is 2.32. The van der Waals surface area contributed by atoms with Crippen LogP contribution in [0.2, 0.25) is 0 Å². The highest BCUT2D eigenvalue weighted by Gasteiger charge is 2.26. The summed E-state index contributed by atoms with van der Waals surface area (Å²) in [6.07, 6.45) is 6.12. The first-order chi connectivity index (χ1) is 14.6. The fraction of sp³-hybridized carbons (Fsp3) is 0.360. The monoisotopic (exact) mass is 403 g/mol. The Labute approximate surface area is 178 Å². The number of amides is 1. The summed E-state index contributed by atoms with van der Waals surface area (Å²) in [7, 11) is 1.66. The van der Waals surface area contributed by atoms with Gasteiger partial charge >= 0.3 is 0 Å². The van der Waals surface area contributed by atoms with E-state index < -0.39 is 0 Å². The first-order valence-corrected chi connectivity index (χ1v) is 10.6. The van der Waals surface area contributed by atoms with Crippen molar-refractivity contribution in [1.29, 1.82) is 0 Å². The van der Waals surface area contributed by atoms with E-state index in [1.807, 2.05) is 30.5 Å². The number of rotatable bonds is 6. The molecule has 0 saturated heterocycles. The van der Waals surface area contributed by atoms with Crippen LogP contribution in [-0.2, 0) is 17.6 Å². The smallest absolute Gasteiger partial charge is 0.220 e. The molecule has 1 N–H and O–H groups in total. The number of benzene rings is 2. The molecule has 1 aromatic heterocycles. The minimum atomic E-state index is 0.0379. The molecule has 0 saturated carbocycles. The van der Waals surface area contributed by atoms with Crippen LogP contribution < -0.4 is 10.1 Å². The van der Waals surface area contributed by atoms with E-state index in [1.54, 1.807) is 7.11 Å². The topological polar surface area (TPSA) is 56.1 Å². The van der Waals surface area contributed by atoms with E-state index in [9.17, 15) is 4.79 Å². The largest absolute Gasteiger partial charge is 0.497 e. The van der Waals surface area contributed by atoms with Crippen molar-refractivity contribution >= 4 is 5.91 Å². The second kappa shape index (κ2) is 8.74. The minimum Gasteiger partial charge on any atom is -0.497 e. The maximum atomic E-state index is 12.6. The van der Waals surface area contributed by atoms with E-state index in [1.165, 1.54) is 16.8 Å². The zero-order chi connectivity index (χ0) is 21.1. The van der Waals surface area contributed by atoms with Gasteiger partial charge in [-0.15, -0.1) is 0 Å². The van der Waals surface area contributed by atoms with Gasteiger partial charge in [-0.1, -0.05) is 24.3 Å². The van der Waals surface area contributed by atoms with Crippen LogP contribution >= 0.6 is 0 Å². The number of nitrogens with zero attached hydrogens (tertiary/aromatic N) is 2. The molecule has 156 valence electrons. The van der Waals surface area contributed by atoms with Crippen molar-refractivity contribution in [2.75, 3.05) is 7.11 Å². The van der Waals surface area contributed by atoms with Crippen molar-refractivity contribution in [3.05, 3.63) is 76.6 Å². The van der Waals surface area contributed by atoms with E-state index in [0.29, 0.717) is 6.42 Å². The molecule has 1 amide bonds. The molecule has 5 heteroatoms. The first-order valence-electron chi connectivity index (χ1n) is 10.6. The Morgan fingerprint density at radius 1 is 1.20 bits per heavy atom. The van der Waals surface area contributed by atoms with Crippen molar-refractivity contribution < 1.29 is 9.53 Å². The zero-order valence-electron chi connectivity index (χ0n) is 17.9. The average Bonchev–Trinajstić information content (AvgIpc) is 3.19.